The second kappa shape index (κ2) is 12.1. The quantitative estimate of drug-likeness (QED) is 0.243. The monoisotopic (exact) mass is 659 g/mol. The van der Waals surface area contributed by atoms with Crippen LogP contribution in [0.2, 0.25) is 0 Å². The van der Waals surface area contributed by atoms with Crippen LogP contribution in [0.25, 0.3) is 0 Å². The fraction of sp³-hybridized carbons (Fsp3) is 0.778. The number of carboxylic acids is 1. The zero-order valence-electron chi connectivity index (χ0n) is 29.2. The molecule has 4 bridgehead atoms. The highest BCUT2D eigenvalue weighted by molar-refractivity contribution is 5.73. The van der Waals surface area contributed by atoms with Crippen LogP contribution in [-0.2, 0) is 21.4 Å². The highest BCUT2D eigenvalue weighted by Crippen LogP contribution is 2.78. The van der Waals surface area contributed by atoms with Crippen LogP contribution in [0.4, 0.5) is 4.79 Å². The van der Waals surface area contributed by atoms with E-state index < -0.39 is 29.3 Å². The van der Waals surface area contributed by atoms with Crippen molar-refractivity contribution in [2.45, 2.75) is 128 Å². The van der Waals surface area contributed by atoms with Crippen LogP contribution in [0.15, 0.2) is 12.1 Å². The van der Waals surface area contributed by atoms with Gasteiger partial charge in [0.2, 0.25) is 0 Å². The Bertz CT molecular complexity index is 1370. The molecular formula is C36H57N3O8. The molecule has 2 aliphatic heterocycles. The van der Waals surface area contributed by atoms with E-state index in [9.17, 15) is 15.0 Å². The minimum absolute atomic E-state index is 0.0294. The van der Waals surface area contributed by atoms with Gasteiger partial charge in [-0.1, -0.05) is 40.7 Å². The first-order chi connectivity index (χ1) is 21.8. The normalized spacial score (nSPS) is 34.9. The molecule has 0 aromatic heterocycles. The summed E-state index contributed by atoms with van der Waals surface area (Å²) in [4.78, 5) is 21.7. The van der Waals surface area contributed by atoms with Gasteiger partial charge in [-0.15, -0.1) is 0 Å². The third-order valence-corrected chi connectivity index (χ3v) is 12.9. The number of rotatable bonds is 7. The van der Waals surface area contributed by atoms with E-state index in [0.717, 1.165) is 44.6 Å². The number of aliphatic hydroxyl groups is 1. The van der Waals surface area contributed by atoms with Gasteiger partial charge in [0.05, 0.1) is 5.60 Å². The van der Waals surface area contributed by atoms with Gasteiger partial charge in [-0.05, 0) is 93.7 Å². The van der Waals surface area contributed by atoms with E-state index in [0.29, 0.717) is 24.1 Å². The molecule has 5 aliphatic carbocycles. The number of fused-ring (bicyclic) bond motifs is 2. The molecule has 11 heteroatoms. The van der Waals surface area contributed by atoms with Gasteiger partial charge in [-0.2, -0.15) is 0 Å². The summed E-state index contributed by atoms with van der Waals surface area (Å²) in [6, 6.07) is 3.77. The highest BCUT2D eigenvalue weighted by atomic mass is 16.6. The Labute approximate surface area is 279 Å². The van der Waals surface area contributed by atoms with E-state index in [-0.39, 0.29) is 34.0 Å². The molecule has 1 unspecified atom stereocenters. The average molecular weight is 660 g/mol. The molecule has 0 radical (unpaired) electrons. The molecule has 5 fully saturated rings. The van der Waals surface area contributed by atoms with Crippen LogP contribution < -0.4 is 16.2 Å². The summed E-state index contributed by atoms with van der Waals surface area (Å²) >= 11 is 0. The number of carbonyl (C=O) groups is 2. The summed E-state index contributed by atoms with van der Waals surface area (Å²) in [5.41, 5.74) is 10.0. The molecule has 47 heavy (non-hydrogen) atoms. The van der Waals surface area contributed by atoms with Gasteiger partial charge >= 0.3 is 12.1 Å². The first-order valence-corrected chi connectivity index (χ1v) is 17.3. The maximum Gasteiger partial charge on any atom is 0.402 e. The maximum absolute atomic E-state index is 12.2. The Balaban J connectivity index is 0.000000285. The first-order valence-electron chi connectivity index (χ1n) is 17.3. The number of piperidine rings is 1. The van der Waals surface area contributed by atoms with Crippen molar-refractivity contribution in [3.05, 3.63) is 23.3 Å². The number of carboxylic acid groups (broad SMARTS) is 2. The molecular weight excluding hydrogens is 602 g/mol. The van der Waals surface area contributed by atoms with Crippen molar-refractivity contribution in [2.75, 3.05) is 20.2 Å². The molecule has 11 nitrogen and oxygen atoms in total. The van der Waals surface area contributed by atoms with E-state index in [1.54, 1.807) is 0 Å². The predicted molar refractivity (Wildman–Crippen MR) is 177 cm³/mol. The third kappa shape index (κ3) is 5.49. The number of methoxy groups -OCH3 is 1. The number of aliphatic carboxylic acids is 1. The predicted octanol–water partition coefficient (Wildman–Crippen LogP) is 4.48. The molecule has 1 amide bonds. The largest absolute Gasteiger partial charge is 0.504 e. The van der Waals surface area contributed by atoms with Gasteiger partial charge in [0.1, 0.15) is 17.7 Å². The Hall–Kier alpha value is -2.60. The van der Waals surface area contributed by atoms with Gasteiger partial charge in [0.25, 0.3) is 0 Å². The zero-order valence-corrected chi connectivity index (χ0v) is 29.2. The Morgan fingerprint density at radius 3 is 2.28 bits per heavy atom. The Morgan fingerprint density at radius 1 is 1.13 bits per heavy atom. The molecule has 7 aliphatic rings. The summed E-state index contributed by atoms with van der Waals surface area (Å²) in [6.45, 7) is 14.7. The van der Waals surface area contributed by atoms with E-state index in [1.807, 2.05) is 33.9 Å². The fourth-order valence-corrected chi connectivity index (χ4v) is 10.2. The van der Waals surface area contributed by atoms with Crippen LogP contribution in [0.5, 0.6) is 11.5 Å². The summed E-state index contributed by atoms with van der Waals surface area (Å²) in [7, 11) is 1.83. The van der Waals surface area contributed by atoms with Gasteiger partial charge in [-0.25, -0.2) is 4.79 Å². The SMILES string of the molecule is CC(C)CC(N)C(=O)O.CO[C@@]12CC[C@@]3(C[C@@H]1[C@](C)(O)C(C)(C)C)[C@H]1Cc4ccc(O)c5c4[C@@]3(CCN1CC1CC1)[C@H]2O5.NC(=O)O. The summed E-state index contributed by atoms with van der Waals surface area (Å²) in [5, 5.41) is 38.7. The standard InChI is InChI=1S/C29H41NO4.C6H13NO2.CH3NO2/c1-25(2,3)26(4,32)20-15-27-10-11-29(20,33-5)24-28(27)12-13-30(16-17-6-7-17)21(27)14-18-8-9-19(31)23(34-24)22(18)28;1-4(2)3-5(7)6(8)9;2-1(3)4/h8-9,17,20-21,24,31-32H,6-7,10-16H2,1-5H3;4-5H,3,7H2,1-2H3,(H,8,9);2H2,(H,3,4)/t20-,21-,24-,26+,27-,28+,29+;;/m1../s1. The van der Waals surface area contributed by atoms with Gasteiger partial charge in [0.15, 0.2) is 11.5 Å². The Kier molecular flexibility index (Phi) is 9.17. The van der Waals surface area contributed by atoms with Crippen molar-refractivity contribution in [1.29, 1.82) is 0 Å². The van der Waals surface area contributed by atoms with Crippen molar-refractivity contribution in [2.24, 2.45) is 40.1 Å². The van der Waals surface area contributed by atoms with Gasteiger partial charge < -0.3 is 41.4 Å². The van der Waals surface area contributed by atoms with Crippen molar-refractivity contribution in [3.63, 3.8) is 0 Å². The fourth-order valence-electron chi connectivity index (χ4n) is 10.2. The Morgan fingerprint density at radius 2 is 1.77 bits per heavy atom. The number of nitrogens with two attached hydrogens (primary N) is 2. The molecule has 4 saturated carbocycles. The summed E-state index contributed by atoms with van der Waals surface area (Å²) in [6.07, 6.45) is 6.85. The van der Waals surface area contributed by atoms with E-state index in [1.165, 1.54) is 30.5 Å². The summed E-state index contributed by atoms with van der Waals surface area (Å²) < 4.78 is 13.5. The summed E-state index contributed by atoms with van der Waals surface area (Å²) in [5.74, 6) is 1.25. The smallest absolute Gasteiger partial charge is 0.402 e. The number of nitrogens with zero attached hydrogens (tertiary/aromatic N) is 1. The lowest BCUT2D eigenvalue weighted by molar-refractivity contribution is -0.312. The second-order valence-corrected chi connectivity index (χ2v) is 16.7. The lowest BCUT2D eigenvalue weighted by Gasteiger charge is -2.75. The van der Waals surface area contributed by atoms with Crippen molar-refractivity contribution in [1.82, 2.24) is 4.90 Å². The zero-order chi connectivity index (χ0) is 34.9. The molecule has 8 atom stereocenters. The molecule has 2 spiro atoms. The molecule has 1 saturated heterocycles. The minimum Gasteiger partial charge on any atom is -0.504 e. The average Bonchev–Trinajstić information content (AvgIpc) is 3.71. The number of phenols is 1. The number of primary amides is 1. The molecule has 1 aromatic carbocycles. The third-order valence-electron chi connectivity index (χ3n) is 12.9. The number of phenolic OH excluding ortho intramolecular Hbond substituents is 1. The van der Waals surface area contributed by atoms with E-state index in [2.05, 4.69) is 37.5 Å². The molecule has 8 N–H and O–H groups in total. The molecule has 1 aromatic rings. The molecule has 264 valence electrons. The lowest BCUT2D eigenvalue weighted by Crippen LogP contribution is -2.83. The number of benzene rings is 1. The number of aromatic hydroxyl groups is 1. The highest BCUT2D eigenvalue weighted by Gasteiger charge is 2.82. The van der Waals surface area contributed by atoms with E-state index in [4.69, 9.17) is 30.2 Å². The van der Waals surface area contributed by atoms with Crippen LogP contribution >= 0.6 is 0 Å². The second-order valence-electron chi connectivity index (χ2n) is 16.7. The van der Waals surface area contributed by atoms with Gasteiger partial charge in [0, 0.05) is 42.0 Å². The number of hydrogen-bond donors (Lipinski definition) is 6. The number of ether oxygens (including phenoxy) is 2. The lowest BCUT2D eigenvalue weighted by atomic mass is 9.33. The first kappa shape index (κ1) is 35.7. The minimum atomic E-state index is -1.33. The molecule has 2 heterocycles. The van der Waals surface area contributed by atoms with E-state index >= 15 is 0 Å². The van der Waals surface area contributed by atoms with Crippen molar-refractivity contribution in [3.8, 4) is 11.5 Å². The van der Waals surface area contributed by atoms with Crippen molar-refractivity contribution < 1.29 is 39.5 Å². The van der Waals surface area contributed by atoms with Gasteiger partial charge in [-0.3, -0.25) is 9.69 Å². The number of amides is 1. The van der Waals surface area contributed by atoms with Crippen LogP contribution in [0, 0.1) is 28.6 Å². The number of hydrogen-bond acceptors (Lipinski definition) is 8. The van der Waals surface area contributed by atoms with Crippen molar-refractivity contribution >= 4 is 12.1 Å². The number of likely N-dealkylation sites (tertiary alicyclic amines) is 1. The van der Waals surface area contributed by atoms with Crippen LogP contribution in [0.1, 0.15) is 97.6 Å². The topological polar surface area (TPSA) is 189 Å². The molecule has 8 rings (SSSR count). The van der Waals surface area contributed by atoms with Crippen LogP contribution in [-0.4, -0.2) is 87.0 Å². The van der Waals surface area contributed by atoms with Crippen LogP contribution in [0.3, 0.4) is 0 Å². The maximum atomic E-state index is 12.2.